The molecule has 0 unspecified atom stereocenters. The van der Waals surface area contributed by atoms with E-state index < -0.39 is 17.2 Å². The molecule has 1 amide bonds. The number of hydrogen-bond donors (Lipinski definition) is 2. The second-order valence-electron chi connectivity index (χ2n) is 7.36. The topological polar surface area (TPSA) is 114 Å². The van der Waals surface area contributed by atoms with Crippen molar-refractivity contribution in [3.8, 4) is 10.6 Å². The minimum Gasteiger partial charge on any atom is -0.383 e. The SMILES string of the molecule is CCCCN(C(=O)c1csc(-c2ccsc2)n1)c1c(N)n(CC(C)C)c(=O)[nH]c1=O. The minimum atomic E-state index is -0.671. The van der Waals surface area contributed by atoms with Gasteiger partial charge in [0, 0.05) is 29.4 Å². The molecule has 0 radical (unpaired) electrons. The van der Waals surface area contributed by atoms with E-state index in [0.29, 0.717) is 19.5 Å². The molecule has 3 heterocycles. The highest BCUT2D eigenvalue weighted by molar-refractivity contribution is 7.14. The van der Waals surface area contributed by atoms with Crippen LogP contribution in [0.4, 0.5) is 11.5 Å². The van der Waals surface area contributed by atoms with Crippen molar-refractivity contribution in [1.82, 2.24) is 14.5 Å². The van der Waals surface area contributed by atoms with E-state index in [-0.39, 0.29) is 23.1 Å². The summed E-state index contributed by atoms with van der Waals surface area (Å²) >= 11 is 2.93. The van der Waals surface area contributed by atoms with Crippen LogP contribution < -0.4 is 21.9 Å². The molecule has 0 aliphatic rings. The quantitative estimate of drug-likeness (QED) is 0.549. The van der Waals surface area contributed by atoms with Gasteiger partial charge in [-0.3, -0.25) is 24.0 Å². The Morgan fingerprint density at radius 1 is 1.33 bits per heavy atom. The summed E-state index contributed by atoms with van der Waals surface area (Å²) < 4.78 is 1.31. The number of nitrogens with one attached hydrogen (secondary N) is 1. The molecule has 0 fully saturated rings. The largest absolute Gasteiger partial charge is 0.383 e. The maximum atomic E-state index is 13.3. The maximum Gasteiger partial charge on any atom is 0.330 e. The summed E-state index contributed by atoms with van der Waals surface area (Å²) in [5, 5.41) is 6.33. The molecule has 3 aromatic heterocycles. The van der Waals surface area contributed by atoms with Crippen molar-refractivity contribution in [3.05, 3.63) is 48.7 Å². The van der Waals surface area contributed by atoms with E-state index in [9.17, 15) is 14.4 Å². The van der Waals surface area contributed by atoms with Gasteiger partial charge in [0.05, 0.1) is 0 Å². The van der Waals surface area contributed by atoms with Crippen LogP contribution in [0.5, 0.6) is 0 Å². The summed E-state index contributed by atoms with van der Waals surface area (Å²) in [6.45, 7) is 6.51. The Hall–Kier alpha value is -2.72. The molecule has 0 spiro atoms. The van der Waals surface area contributed by atoms with Crippen molar-refractivity contribution >= 4 is 40.1 Å². The summed E-state index contributed by atoms with van der Waals surface area (Å²) in [6, 6.07) is 1.94. The number of aromatic nitrogens is 3. The molecule has 3 rings (SSSR count). The molecule has 10 heteroatoms. The van der Waals surface area contributed by atoms with Crippen LogP contribution in [0.1, 0.15) is 44.1 Å². The van der Waals surface area contributed by atoms with E-state index in [1.54, 1.807) is 16.7 Å². The third kappa shape index (κ3) is 4.54. The summed E-state index contributed by atoms with van der Waals surface area (Å²) in [4.78, 5) is 46.4. The average molecular weight is 448 g/mol. The third-order valence-electron chi connectivity index (χ3n) is 4.50. The normalized spacial score (nSPS) is 11.2. The number of nitrogens with two attached hydrogens (primary N) is 1. The van der Waals surface area contributed by atoms with Crippen LogP contribution in [0.15, 0.2) is 31.8 Å². The van der Waals surface area contributed by atoms with Gasteiger partial charge in [-0.15, -0.1) is 11.3 Å². The summed E-state index contributed by atoms with van der Waals surface area (Å²) in [5.41, 5.74) is 6.19. The van der Waals surface area contributed by atoms with E-state index >= 15 is 0 Å². The van der Waals surface area contributed by atoms with Crippen LogP contribution in [-0.4, -0.2) is 27.0 Å². The summed E-state index contributed by atoms with van der Waals surface area (Å²) in [6.07, 6.45) is 1.50. The van der Waals surface area contributed by atoms with E-state index in [1.807, 2.05) is 37.6 Å². The first-order valence-electron chi connectivity index (χ1n) is 9.76. The number of H-pyrrole nitrogens is 1. The second-order valence-corrected chi connectivity index (χ2v) is 9.00. The standard InChI is InChI=1S/C20H25N5O3S2/c1-4-5-7-24(15-16(21)25(9-12(2)3)20(28)23-17(15)26)19(27)14-11-30-18(22-14)13-6-8-29-10-13/h6,8,10-12H,4-5,7,9,21H2,1-3H3,(H,23,26,28). The van der Waals surface area contributed by atoms with Crippen molar-refractivity contribution < 1.29 is 4.79 Å². The van der Waals surface area contributed by atoms with Gasteiger partial charge in [0.15, 0.2) is 5.69 Å². The lowest BCUT2D eigenvalue weighted by atomic mass is 10.2. The second kappa shape index (κ2) is 9.40. The fraction of sp³-hybridized carbons (Fsp3) is 0.400. The maximum absolute atomic E-state index is 13.3. The number of aromatic amines is 1. The molecule has 160 valence electrons. The van der Waals surface area contributed by atoms with Crippen LogP contribution in [0, 0.1) is 5.92 Å². The number of unbranched alkanes of at least 4 members (excludes halogenated alkanes) is 1. The molecule has 8 nitrogen and oxygen atoms in total. The molecule has 3 N–H and O–H groups in total. The van der Waals surface area contributed by atoms with Gasteiger partial charge in [0.1, 0.15) is 16.5 Å². The number of thiophene rings is 1. The number of carbonyl (C=O) groups is 1. The molecule has 0 bridgehead atoms. The molecule has 0 saturated heterocycles. The van der Waals surface area contributed by atoms with Crippen molar-refractivity contribution in [2.75, 3.05) is 17.2 Å². The smallest absolute Gasteiger partial charge is 0.330 e. The molecular weight excluding hydrogens is 422 g/mol. The number of hydrogen-bond acceptors (Lipinski definition) is 7. The summed E-state index contributed by atoms with van der Waals surface area (Å²) in [7, 11) is 0. The first-order chi connectivity index (χ1) is 14.3. The zero-order valence-corrected chi connectivity index (χ0v) is 18.8. The van der Waals surface area contributed by atoms with Crippen molar-refractivity contribution in [2.45, 2.75) is 40.2 Å². The Labute approximate surface area is 182 Å². The lowest BCUT2D eigenvalue weighted by molar-refractivity contribution is 0.0982. The fourth-order valence-corrected chi connectivity index (χ4v) is 4.55. The zero-order valence-electron chi connectivity index (χ0n) is 17.2. The van der Waals surface area contributed by atoms with Gasteiger partial charge < -0.3 is 5.73 Å². The highest BCUT2D eigenvalue weighted by atomic mass is 32.1. The lowest BCUT2D eigenvalue weighted by Gasteiger charge is -2.24. The van der Waals surface area contributed by atoms with Gasteiger partial charge in [-0.05, 0) is 23.8 Å². The number of rotatable bonds is 8. The molecular formula is C20H25N5O3S2. The number of amides is 1. The third-order valence-corrected chi connectivity index (χ3v) is 6.08. The van der Waals surface area contributed by atoms with E-state index in [1.165, 1.54) is 20.8 Å². The van der Waals surface area contributed by atoms with E-state index in [4.69, 9.17) is 5.73 Å². The Morgan fingerprint density at radius 2 is 2.10 bits per heavy atom. The van der Waals surface area contributed by atoms with Gasteiger partial charge in [-0.25, -0.2) is 9.78 Å². The molecule has 0 saturated carbocycles. The highest BCUT2D eigenvalue weighted by Crippen LogP contribution is 2.27. The summed E-state index contributed by atoms with van der Waals surface area (Å²) in [5.74, 6) is -0.279. The molecule has 30 heavy (non-hydrogen) atoms. The number of nitrogens with zero attached hydrogens (tertiary/aromatic N) is 3. The van der Waals surface area contributed by atoms with Crippen LogP contribution in [0.25, 0.3) is 10.6 Å². The Morgan fingerprint density at radius 3 is 2.73 bits per heavy atom. The van der Waals surface area contributed by atoms with Crippen molar-refractivity contribution in [2.24, 2.45) is 5.92 Å². The van der Waals surface area contributed by atoms with Crippen LogP contribution in [0.2, 0.25) is 0 Å². The number of carbonyl (C=O) groups excluding carboxylic acids is 1. The molecule has 0 aliphatic heterocycles. The van der Waals surface area contributed by atoms with Crippen molar-refractivity contribution in [1.29, 1.82) is 0 Å². The average Bonchev–Trinajstić information content (AvgIpc) is 3.38. The van der Waals surface area contributed by atoms with Crippen LogP contribution >= 0.6 is 22.7 Å². The first kappa shape index (κ1) is 22.0. The molecule has 0 aromatic carbocycles. The first-order valence-corrected chi connectivity index (χ1v) is 11.6. The minimum absolute atomic E-state index is 0.00113. The Balaban J connectivity index is 2.05. The van der Waals surface area contributed by atoms with Gasteiger partial charge in [-0.1, -0.05) is 27.2 Å². The predicted octanol–water partition coefficient (Wildman–Crippen LogP) is 3.41. The number of nitrogen functional groups attached to an aromatic ring is 1. The Bertz CT molecular complexity index is 1130. The monoisotopic (exact) mass is 447 g/mol. The van der Waals surface area contributed by atoms with Gasteiger partial charge >= 0.3 is 5.69 Å². The number of thiazole rings is 1. The van der Waals surface area contributed by atoms with Crippen LogP contribution in [-0.2, 0) is 6.54 Å². The van der Waals surface area contributed by atoms with Crippen LogP contribution in [0.3, 0.4) is 0 Å². The van der Waals surface area contributed by atoms with Crippen molar-refractivity contribution in [3.63, 3.8) is 0 Å². The Kier molecular flexibility index (Phi) is 6.88. The highest BCUT2D eigenvalue weighted by Gasteiger charge is 2.27. The van der Waals surface area contributed by atoms with Gasteiger partial charge in [-0.2, -0.15) is 11.3 Å². The molecule has 0 aliphatic carbocycles. The zero-order chi connectivity index (χ0) is 21.8. The lowest BCUT2D eigenvalue weighted by Crippen LogP contribution is -2.42. The fourth-order valence-electron chi connectivity index (χ4n) is 3.04. The van der Waals surface area contributed by atoms with Gasteiger partial charge in [0.25, 0.3) is 11.5 Å². The van der Waals surface area contributed by atoms with Gasteiger partial charge in [0.2, 0.25) is 0 Å². The molecule has 3 aromatic rings. The predicted molar refractivity (Wildman–Crippen MR) is 123 cm³/mol. The van der Waals surface area contributed by atoms with E-state index in [2.05, 4.69) is 9.97 Å². The van der Waals surface area contributed by atoms with E-state index in [0.717, 1.165) is 17.0 Å². The molecule has 0 atom stereocenters. The number of anilines is 2.